The third-order valence-corrected chi connectivity index (χ3v) is 8.17. The highest BCUT2D eigenvalue weighted by atomic mass is 16.7. The third-order valence-electron chi connectivity index (χ3n) is 8.17. The minimum Gasteiger partial charge on any atom is -0.462 e. The molecule has 2 aliphatic heterocycles. The van der Waals surface area contributed by atoms with Crippen molar-refractivity contribution in [2.75, 3.05) is 19.8 Å². The zero-order valence-electron chi connectivity index (χ0n) is 15.0. The molecule has 0 aromatic heterocycles. The Morgan fingerprint density at radius 2 is 1.76 bits per heavy atom. The Labute approximate surface area is 148 Å². The minimum absolute atomic E-state index is 0.0200. The number of ketones is 1. The van der Waals surface area contributed by atoms with Crippen LogP contribution in [0.1, 0.15) is 46.0 Å². The van der Waals surface area contributed by atoms with E-state index in [4.69, 9.17) is 14.2 Å². The fraction of sp³-hybridized carbons (Fsp3) is 0.800. The maximum absolute atomic E-state index is 12.9. The quantitative estimate of drug-likeness (QED) is 0.631. The molecular weight excluding hydrogens is 320 g/mol. The number of Topliss-reactive ketones (excluding diaryl/α,β-unsaturated/α-hetero) is 1. The van der Waals surface area contributed by atoms with Crippen molar-refractivity contribution in [1.82, 2.24) is 0 Å². The highest BCUT2D eigenvalue weighted by Crippen LogP contribution is 2.67. The molecule has 1 spiro atoms. The van der Waals surface area contributed by atoms with E-state index in [0.717, 1.165) is 25.7 Å². The molecule has 0 amide bonds. The van der Waals surface area contributed by atoms with Gasteiger partial charge in [0.1, 0.15) is 6.61 Å². The first kappa shape index (κ1) is 16.0. The average Bonchev–Trinajstić information content (AvgIpc) is 3.17. The number of carbonyl (C=O) groups excluding carboxylic acids is 2. The first-order chi connectivity index (χ1) is 11.9. The molecule has 1 saturated heterocycles. The van der Waals surface area contributed by atoms with E-state index in [1.807, 2.05) is 0 Å². The predicted octanol–water partition coefficient (Wildman–Crippen LogP) is 2.63. The topological polar surface area (TPSA) is 61.8 Å². The number of ether oxygens (including phenoxy) is 3. The number of hydrogen-bond donors (Lipinski definition) is 0. The molecule has 2 heterocycles. The van der Waals surface area contributed by atoms with Crippen LogP contribution < -0.4 is 0 Å². The zero-order valence-corrected chi connectivity index (χ0v) is 15.0. The number of rotatable bonds is 0. The van der Waals surface area contributed by atoms with Crippen LogP contribution >= 0.6 is 0 Å². The number of fused-ring (bicyclic) bond motifs is 6. The summed E-state index contributed by atoms with van der Waals surface area (Å²) in [6.07, 6.45) is 6.07. The predicted molar refractivity (Wildman–Crippen MR) is 88.5 cm³/mol. The van der Waals surface area contributed by atoms with E-state index >= 15 is 0 Å². The van der Waals surface area contributed by atoms with Gasteiger partial charge in [0.25, 0.3) is 0 Å². The Morgan fingerprint density at radius 1 is 1.04 bits per heavy atom. The first-order valence-electron chi connectivity index (χ1n) is 9.60. The van der Waals surface area contributed by atoms with E-state index in [1.54, 1.807) is 0 Å². The van der Waals surface area contributed by atoms with Gasteiger partial charge in [0.05, 0.1) is 13.2 Å². The second-order valence-electron chi connectivity index (χ2n) is 9.03. The summed E-state index contributed by atoms with van der Waals surface area (Å²) in [5.41, 5.74) is 0.352. The van der Waals surface area contributed by atoms with Crippen LogP contribution in [0.3, 0.4) is 0 Å². The largest absolute Gasteiger partial charge is 0.462 e. The molecule has 0 bridgehead atoms. The van der Waals surface area contributed by atoms with E-state index < -0.39 is 5.79 Å². The van der Waals surface area contributed by atoms with Crippen LogP contribution in [0.25, 0.3) is 0 Å². The first-order valence-corrected chi connectivity index (χ1v) is 9.60. The lowest BCUT2D eigenvalue weighted by Crippen LogP contribution is -2.57. The molecule has 4 fully saturated rings. The van der Waals surface area contributed by atoms with Crippen molar-refractivity contribution in [3.8, 4) is 0 Å². The second-order valence-corrected chi connectivity index (χ2v) is 9.03. The Bertz CT molecular complexity index is 676. The van der Waals surface area contributed by atoms with Crippen molar-refractivity contribution in [2.45, 2.75) is 51.7 Å². The monoisotopic (exact) mass is 346 g/mol. The van der Waals surface area contributed by atoms with Gasteiger partial charge in [-0.05, 0) is 37.0 Å². The Hall–Kier alpha value is -1.20. The molecule has 3 saturated carbocycles. The molecule has 0 unspecified atom stereocenters. The smallest absolute Gasteiger partial charge is 0.331 e. The van der Waals surface area contributed by atoms with Gasteiger partial charge < -0.3 is 14.2 Å². The lowest BCUT2D eigenvalue weighted by molar-refractivity contribution is -0.243. The highest BCUT2D eigenvalue weighted by Gasteiger charge is 2.67. The Morgan fingerprint density at radius 3 is 2.52 bits per heavy atom. The molecule has 25 heavy (non-hydrogen) atoms. The van der Waals surface area contributed by atoms with Gasteiger partial charge in [0.15, 0.2) is 11.6 Å². The number of hydrogen-bond acceptors (Lipinski definition) is 5. The molecule has 5 rings (SSSR count). The summed E-state index contributed by atoms with van der Waals surface area (Å²) in [5, 5.41) is 0. The third kappa shape index (κ3) is 1.86. The molecule has 5 heteroatoms. The molecule has 5 atom stereocenters. The van der Waals surface area contributed by atoms with E-state index in [-0.39, 0.29) is 22.6 Å². The standard InChI is InChI=1S/C20H26O5/c1-18-11-23-17(22)10-15(18)16(21)9-12-13(18)3-5-19(2)14(12)4-6-20(19)24-7-8-25-20/h10,12-14H,3-9,11H2,1-2H3/t12-,13+,14+,18-,19+/m1/s1. The zero-order chi connectivity index (χ0) is 17.4. The van der Waals surface area contributed by atoms with Crippen molar-refractivity contribution in [3.63, 3.8) is 0 Å². The minimum atomic E-state index is -0.443. The molecule has 5 aliphatic rings. The van der Waals surface area contributed by atoms with E-state index in [0.29, 0.717) is 49.6 Å². The number of esters is 1. The van der Waals surface area contributed by atoms with Crippen molar-refractivity contribution in [1.29, 1.82) is 0 Å². The van der Waals surface area contributed by atoms with Crippen molar-refractivity contribution < 1.29 is 23.8 Å². The summed E-state index contributed by atoms with van der Waals surface area (Å²) in [6, 6.07) is 0. The van der Waals surface area contributed by atoms with Crippen LogP contribution in [-0.4, -0.2) is 37.4 Å². The second kappa shape index (κ2) is 4.95. The summed E-state index contributed by atoms with van der Waals surface area (Å²) >= 11 is 0. The summed E-state index contributed by atoms with van der Waals surface area (Å²) < 4.78 is 17.6. The lowest BCUT2D eigenvalue weighted by Gasteiger charge is -2.57. The van der Waals surface area contributed by atoms with Gasteiger partial charge in [-0.2, -0.15) is 0 Å². The maximum Gasteiger partial charge on any atom is 0.331 e. The van der Waals surface area contributed by atoms with Crippen molar-refractivity contribution >= 4 is 11.8 Å². The molecule has 0 aromatic carbocycles. The summed E-state index contributed by atoms with van der Waals surface area (Å²) in [7, 11) is 0. The lowest BCUT2D eigenvalue weighted by atomic mass is 9.48. The molecule has 3 aliphatic carbocycles. The van der Waals surface area contributed by atoms with Gasteiger partial charge in [0, 0.05) is 35.3 Å². The van der Waals surface area contributed by atoms with Crippen molar-refractivity contribution in [3.05, 3.63) is 11.6 Å². The summed E-state index contributed by atoms with van der Waals surface area (Å²) in [4.78, 5) is 24.6. The van der Waals surface area contributed by atoms with Crippen LogP contribution in [0.15, 0.2) is 11.6 Å². The van der Waals surface area contributed by atoms with Crippen LogP contribution in [0, 0.1) is 28.6 Å². The molecule has 0 N–H and O–H groups in total. The van der Waals surface area contributed by atoms with Gasteiger partial charge >= 0.3 is 5.97 Å². The van der Waals surface area contributed by atoms with E-state index in [1.165, 1.54) is 6.08 Å². The van der Waals surface area contributed by atoms with E-state index in [2.05, 4.69) is 13.8 Å². The van der Waals surface area contributed by atoms with Gasteiger partial charge in [-0.1, -0.05) is 13.8 Å². The SMILES string of the molecule is C[C@]12COC(=O)C=C1C(=O)C[C@@H]1[C@@H]2CC[C@@]2(C)[C@H]1CCC21OCCO1. The van der Waals surface area contributed by atoms with Gasteiger partial charge in [-0.25, -0.2) is 4.79 Å². The fourth-order valence-electron chi connectivity index (χ4n) is 6.90. The highest BCUT2D eigenvalue weighted by molar-refractivity contribution is 6.03. The fourth-order valence-corrected chi connectivity index (χ4v) is 6.90. The van der Waals surface area contributed by atoms with Crippen LogP contribution in [0.2, 0.25) is 0 Å². The average molecular weight is 346 g/mol. The maximum atomic E-state index is 12.9. The molecule has 0 aromatic rings. The molecular formula is C20H26O5. The number of cyclic esters (lactones) is 1. The van der Waals surface area contributed by atoms with E-state index in [9.17, 15) is 9.59 Å². The molecule has 0 radical (unpaired) electrons. The normalized spacial score (nSPS) is 47.8. The van der Waals surface area contributed by atoms with Crippen LogP contribution in [-0.2, 0) is 23.8 Å². The van der Waals surface area contributed by atoms with Gasteiger partial charge in [-0.3, -0.25) is 4.79 Å². The summed E-state index contributed by atoms with van der Waals surface area (Å²) in [6.45, 7) is 6.12. The van der Waals surface area contributed by atoms with Crippen LogP contribution in [0.4, 0.5) is 0 Å². The Kier molecular flexibility index (Phi) is 3.17. The summed E-state index contributed by atoms with van der Waals surface area (Å²) in [5.74, 6) is 0.481. The van der Waals surface area contributed by atoms with Crippen molar-refractivity contribution in [2.24, 2.45) is 28.6 Å². The molecule has 136 valence electrons. The number of carbonyl (C=O) groups is 2. The molecule has 5 nitrogen and oxygen atoms in total. The Balaban J connectivity index is 1.53. The van der Waals surface area contributed by atoms with Gasteiger partial charge in [0.2, 0.25) is 0 Å². The van der Waals surface area contributed by atoms with Gasteiger partial charge in [-0.15, -0.1) is 0 Å². The van der Waals surface area contributed by atoms with Crippen LogP contribution in [0.5, 0.6) is 0 Å².